The van der Waals surface area contributed by atoms with Crippen LogP contribution in [0.4, 0.5) is 0 Å². The second-order valence-electron chi connectivity index (χ2n) is 5.36. The SMILES string of the molecule is O=C(NCC(O)C1CCCCC1)C1CCCN1. The molecule has 2 fully saturated rings. The Bertz CT molecular complexity index is 246. The number of hydrogen-bond acceptors (Lipinski definition) is 3. The lowest BCUT2D eigenvalue weighted by Gasteiger charge is -2.27. The normalized spacial score (nSPS) is 27.9. The second-order valence-corrected chi connectivity index (χ2v) is 5.36. The van der Waals surface area contributed by atoms with Crippen LogP contribution in [0.5, 0.6) is 0 Å². The van der Waals surface area contributed by atoms with Gasteiger partial charge in [-0.3, -0.25) is 4.79 Å². The molecule has 0 bridgehead atoms. The van der Waals surface area contributed by atoms with Crippen LogP contribution in [0.3, 0.4) is 0 Å². The first-order valence-corrected chi connectivity index (χ1v) is 6.96. The van der Waals surface area contributed by atoms with Crippen LogP contribution < -0.4 is 10.6 Å². The smallest absolute Gasteiger partial charge is 0.237 e. The van der Waals surface area contributed by atoms with E-state index in [9.17, 15) is 9.90 Å². The van der Waals surface area contributed by atoms with E-state index in [0.29, 0.717) is 12.5 Å². The molecule has 1 aliphatic carbocycles. The van der Waals surface area contributed by atoms with E-state index in [0.717, 1.165) is 32.2 Å². The van der Waals surface area contributed by atoms with Gasteiger partial charge in [0.25, 0.3) is 0 Å². The summed E-state index contributed by atoms with van der Waals surface area (Å²) >= 11 is 0. The van der Waals surface area contributed by atoms with Gasteiger partial charge < -0.3 is 15.7 Å². The van der Waals surface area contributed by atoms with Gasteiger partial charge in [-0.05, 0) is 38.1 Å². The lowest BCUT2D eigenvalue weighted by molar-refractivity contribution is -0.123. The minimum atomic E-state index is -0.361. The molecule has 2 atom stereocenters. The Kier molecular flexibility index (Phi) is 4.80. The summed E-state index contributed by atoms with van der Waals surface area (Å²) in [4.78, 5) is 11.7. The maximum Gasteiger partial charge on any atom is 0.237 e. The zero-order chi connectivity index (χ0) is 12.1. The molecule has 0 aromatic heterocycles. The molecule has 0 spiro atoms. The first kappa shape index (κ1) is 12.8. The topological polar surface area (TPSA) is 61.4 Å². The van der Waals surface area contributed by atoms with Crippen LogP contribution in [0.15, 0.2) is 0 Å². The fourth-order valence-corrected chi connectivity index (χ4v) is 2.92. The number of hydrogen-bond donors (Lipinski definition) is 3. The third kappa shape index (κ3) is 3.68. The third-order valence-electron chi connectivity index (χ3n) is 4.06. The maximum absolute atomic E-state index is 11.7. The molecule has 1 amide bonds. The van der Waals surface area contributed by atoms with Crippen molar-refractivity contribution in [1.82, 2.24) is 10.6 Å². The number of aliphatic hydroxyl groups is 1. The van der Waals surface area contributed by atoms with Gasteiger partial charge in [-0.2, -0.15) is 0 Å². The summed E-state index contributed by atoms with van der Waals surface area (Å²) in [7, 11) is 0. The Labute approximate surface area is 103 Å². The van der Waals surface area contributed by atoms with Gasteiger partial charge in [0.1, 0.15) is 0 Å². The summed E-state index contributed by atoms with van der Waals surface area (Å²) in [6.45, 7) is 1.35. The van der Waals surface area contributed by atoms with E-state index < -0.39 is 0 Å². The number of aliphatic hydroxyl groups excluding tert-OH is 1. The zero-order valence-electron chi connectivity index (χ0n) is 10.5. The van der Waals surface area contributed by atoms with Gasteiger partial charge in [0, 0.05) is 6.54 Å². The Balaban J connectivity index is 1.67. The van der Waals surface area contributed by atoms with Crippen LogP contribution in [0, 0.1) is 5.92 Å². The van der Waals surface area contributed by atoms with Crippen LogP contribution in [0.1, 0.15) is 44.9 Å². The van der Waals surface area contributed by atoms with E-state index in [1.165, 1.54) is 19.3 Å². The number of amides is 1. The number of nitrogens with one attached hydrogen (secondary N) is 2. The van der Waals surface area contributed by atoms with E-state index in [2.05, 4.69) is 10.6 Å². The molecule has 0 radical (unpaired) electrons. The molecule has 0 aromatic carbocycles. The van der Waals surface area contributed by atoms with Crippen molar-refractivity contribution in [3.05, 3.63) is 0 Å². The summed E-state index contributed by atoms with van der Waals surface area (Å²) in [6, 6.07) is -0.0337. The van der Waals surface area contributed by atoms with Crippen LogP contribution in [-0.2, 0) is 4.79 Å². The first-order valence-electron chi connectivity index (χ1n) is 6.96. The van der Waals surface area contributed by atoms with Crippen LogP contribution in [0.25, 0.3) is 0 Å². The van der Waals surface area contributed by atoms with Crippen molar-refractivity contribution in [1.29, 1.82) is 0 Å². The Morgan fingerprint density at radius 2 is 2.00 bits per heavy atom. The van der Waals surface area contributed by atoms with Crippen molar-refractivity contribution >= 4 is 5.91 Å². The molecule has 2 aliphatic rings. The molecule has 4 heteroatoms. The lowest BCUT2D eigenvalue weighted by Crippen LogP contribution is -2.44. The standard InChI is InChI=1S/C13H24N2O2/c16-12(10-5-2-1-3-6-10)9-15-13(17)11-7-4-8-14-11/h10-12,14,16H,1-9H2,(H,15,17). The monoisotopic (exact) mass is 240 g/mol. The highest BCUT2D eigenvalue weighted by molar-refractivity contribution is 5.81. The van der Waals surface area contributed by atoms with Gasteiger partial charge in [-0.15, -0.1) is 0 Å². The molecule has 17 heavy (non-hydrogen) atoms. The molecule has 1 saturated carbocycles. The number of carbonyl (C=O) groups is 1. The third-order valence-corrected chi connectivity index (χ3v) is 4.06. The molecule has 4 nitrogen and oxygen atoms in total. The Morgan fingerprint density at radius 3 is 2.65 bits per heavy atom. The lowest BCUT2D eigenvalue weighted by atomic mass is 9.85. The summed E-state index contributed by atoms with van der Waals surface area (Å²) in [6.07, 6.45) is 7.59. The summed E-state index contributed by atoms with van der Waals surface area (Å²) in [5.41, 5.74) is 0. The van der Waals surface area contributed by atoms with Crippen molar-refractivity contribution in [2.45, 2.75) is 57.1 Å². The van der Waals surface area contributed by atoms with Crippen molar-refractivity contribution in [2.24, 2.45) is 5.92 Å². The van der Waals surface area contributed by atoms with Crippen molar-refractivity contribution < 1.29 is 9.90 Å². The summed E-state index contributed by atoms with van der Waals surface area (Å²) < 4.78 is 0. The molecule has 1 aliphatic heterocycles. The minimum Gasteiger partial charge on any atom is -0.391 e. The second kappa shape index (κ2) is 6.36. The summed E-state index contributed by atoms with van der Waals surface area (Å²) in [5.74, 6) is 0.443. The van der Waals surface area contributed by atoms with E-state index in [1.54, 1.807) is 0 Å². The molecular weight excluding hydrogens is 216 g/mol. The van der Waals surface area contributed by atoms with Gasteiger partial charge in [-0.25, -0.2) is 0 Å². The van der Waals surface area contributed by atoms with Crippen molar-refractivity contribution in [3.8, 4) is 0 Å². The van der Waals surface area contributed by atoms with Crippen molar-refractivity contribution in [2.75, 3.05) is 13.1 Å². The molecule has 2 unspecified atom stereocenters. The molecule has 3 N–H and O–H groups in total. The fraction of sp³-hybridized carbons (Fsp3) is 0.923. The average Bonchev–Trinajstić information content (AvgIpc) is 2.90. The average molecular weight is 240 g/mol. The van der Waals surface area contributed by atoms with E-state index in [1.807, 2.05) is 0 Å². The highest BCUT2D eigenvalue weighted by atomic mass is 16.3. The van der Waals surface area contributed by atoms with Crippen LogP contribution >= 0.6 is 0 Å². The molecule has 0 aromatic rings. The molecule has 1 heterocycles. The van der Waals surface area contributed by atoms with Gasteiger partial charge in [0.2, 0.25) is 5.91 Å². The summed E-state index contributed by atoms with van der Waals surface area (Å²) in [5, 5.41) is 16.1. The zero-order valence-corrected chi connectivity index (χ0v) is 10.5. The number of rotatable bonds is 4. The van der Waals surface area contributed by atoms with Crippen LogP contribution in [-0.4, -0.2) is 36.2 Å². The van der Waals surface area contributed by atoms with Gasteiger partial charge in [0.15, 0.2) is 0 Å². The van der Waals surface area contributed by atoms with Gasteiger partial charge in [-0.1, -0.05) is 19.3 Å². The predicted octanol–water partition coefficient (Wildman–Crippen LogP) is 0.796. The van der Waals surface area contributed by atoms with Gasteiger partial charge >= 0.3 is 0 Å². The van der Waals surface area contributed by atoms with Crippen molar-refractivity contribution in [3.63, 3.8) is 0 Å². The van der Waals surface area contributed by atoms with E-state index in [4.69, 9.17) is 0 Å². The van der Waals surface area contributed by atoms with E-state index in [-0.39, 0.29) is 18.1 Å². The molecule has 98 valence electrons. The first-order chi connectivity index (χ1) is 8.27. The van der Waals surface area contributed by atoms with Crippen LogP contribution in [0.2, 0.25) is 0 Å². The predicted molar refractivity (Wildman–Crippen MR) is 66.6 cm³/mol. The highest BCUT2D eigenvalue weighted by Crippen LogP contribution is 2.26. The molecule has 2 rings (SSSR count). The largest absolute Gasteiger partial charge is 0.391 e. The molecule has 1 saturated heterocycles. The quantitative estimate of drug-likeness (QED) is 0.681. The minimum absolute atomic E-state index is 0.0337. The Morgan fingerprint density at radius 1 is 1.24 bits per heavy atom. The molecular formula is C13H24N2O2. The highest BCUT2D eigenvalue weighted by Gasteiger charge is 2.25. The number of carbonyl (C=O) groups excluding carboxylic acids is 1. The van der Waals surface area contributed by atoms with Gasteiger partial charge in [0.05, 0.1) is 12.1 Å². The maximum atomic E-state index is 11.7. The Hall–Kier alpha value is -0.610. The fourth-order valence-electron chi connectivity index (χ4n) is 2.92. The van der Waals surface area contributed by atoms with E-state index >= 15 is 0 Å².